The molecule has 2 unspecified atom stereocenters. The lowest BCUT2D eigenvalue weighted by Gasteiger charge is -2.32. The standard InChI is InChI=1S/C24H33NO6/c26-12-6-7-13-28-23-16-19(18-8-9-20-21(14-18)30-17-29-20)15-22(31-23)24(27)25-10-4-2-1-3-5-11-25/h8-9,14-15,19,23,26H,1-7,10-13,16-17H2. The second kappa shape index (κ2) is 10.9. The number of fused-ring (bicyclic) bond motifs is 1. The van der Waals surface area contributed by atoms with Gasteiger partial charge in [-0.15, -0.1) is 0 Å². The van der Waals surface area contributed by atoms with Gasteiger partial charge in [0.2, 0.25) is 13.1 Å². The highest BCUT2D eigenvalue weighted by Crippen LogP contribution is 2.38. The molecule has 0 radical (unpaired) electrons. The summed E-state index contributed by atoms with van der Waals surface area (Å²) in [6, 6.07) is 5.91. The second-order valence-corrected chi connectivity index (χ2v) is 8.39. The van der Waals surface area contributed by atoms with E-state index in [1.54, 1.807) is 0 Å². The number of allylic oxidation sites excluding steroid dienone is 1. The number of carbonyl (C=O) groups excluding carboxylic acids is 1. The monoisotopic (exact) mass is 431 g/mol. The maximum absolute atomic E-state index is 13.3. The Morgan fingerprint density at radius 3 is 2.65 bits per heavy atom. The van der Waals surface area contributed by atoms with Gasteiger partial charge in [-0.1, -0.05) is 25.3 Å². The first-order chi connectivity index (χ1) is 15.2. The van der Waals surface area contributed by atoms with Crippen molar-refractivity contribution in [2.45, 2.75) is 63.6 Å². The fourth-order valence-electron chi connectivity index (χ4n) is 4.32. The van der Waals surface area contributed by atoms with Gasteiger partial charge in [-0.3, -0.25) is 4.79 Å². The number of carbonyl (C=O) groups is 1. The van der Waals surface area contributed by atoms with Crippen LogP contribution in [-0.4, -0.2) is 55.3 Å². The van der Waals surface area contributed by atoms with Gasteiger partial charge < -0.3 is 29.0 Å². The molecule has 1 aromatic carbocycles. The fourth-order valence-corrected chi connectivity index (χ4v) is 4.32. The maximum atomic E-state index is 13.3. The quantitative estimate of drug-likeness (QED) is 0.663. The van der Waals surface area contributed by atoms with Gasteiger partial charge in [0, 0.05) is 32.0 Å². The minimum atomic E-state index is -0.493. The molecule has 3 aliphatic heterocycles. The van der Waals surface area contributed by atoms with Crippen LogP contribution in [0.5, 0.6) is 11.5 Å². The highest BCUT2D eigenvalue weighted by Gasteiger charge is 2.31. The molecule has 1 aromatic rings. The van der Waals surface area contributed by atoms with Crippen molar-refractivity contribution < 1.29 is 28.8 Å². The number of aliphatic hydroxyl groups is 1. The molecule has 7 nitrogen and oxygen atoms in total. The number of nitrogens with zero attached hydrogens (tertiary/aromatic N) is 1. The van der Waals surface area contributed by atoms with Crippen LogP contribution in [0.2, 0.25) is 0 Å². The smallest absolute Gasteiger partial charge is 0.288 e. The molecular weight excluding hydrogens is 398 g/mol. The SMILES string of the molecule is O=C(C1=CC(c2ccc3c(c2)OCO3)CC(OCCCCO)O1)N1CCCCCCC1. The van der Waals surface area contributed by atoms with Crippen molar-refractivity contribution in [3.8, 4) is 11.5 Å². The molecule has 3 heterocycles. The van der Waals surface area contributed by atoms with Crippen molar-refractivity contribution in [1.29, 1.82) is 0 Å². The van der Waals surface area contributed by atoms with Crippen LogP contribution in [0.25, 0.3) is 0 Å². The van der Waals surface area contributed by atoms with Crippen LogP contribution in [0.15, 0.2) is 30.0 Å². The molecule has 1 saturated heterocycles. The van der Waals surface area contributed by atoms with E-state index in [1.807, 2.05) is 29.2 Å². The maximum Gasteiger partial charge on any atom is 0.288 e. The van der Waals surface area contributed by atoms with Crippen LogP contribution >= 0.6 is 0 Å². The zero-order valence-electron chi connectivity index (χ0n) is 18.1. The Labute approximate surface area is 183 Å². The minimum Gasteiger partial charge on any atom is -0.459 e. The Kier molecular flexibility index (Phi) is 7.70. The van der Waals surface area contributed by atoms with Crippen molar-refractivity contribution in [2.75, 3.05) is 33.1 Å². The van der Waals surface area contributed by atoms with E-state index in [0.717, 1.165) is 49.4 Å². The van der Waals surface area contributed by atoms with Crippen LogP contribution in [-0.2, 0) is 14.3 Å². The number of rotatable bonds is 7. The highest BCUT2D eigenvalue weighted by molar-refractivity contribution is 5.91. The first-order valence-electron chi connectivity index (χ1n) is 11.5. The van der Waals surface area contributed by atoms with Crippen molar-refractivity contribution in [3.63, 3.8) is 0 Å². The summed E-state index contributed by atoms with van der Waals surface area (Å²) in [5.41, 5.74) is 1.05. The predicted octanol–water partition coefficient (Wildman–Crippen LogP) is 3.71. The zero-order chi connectivity index (χ0) is 21.5. The van der Waals surface area contributed by atoms with Crippen LogP contribution in [0, 0.1) is 0 Å². The molecule has 0 aliphatic carbocycles. The summed E-state index contributed by atoms with van der Waals surface area (Å²) >= 11 is 0. The molecule has 1 fully saturated rings. The van der Waals surface area contributed by atoms with Gasteiger partial charge in [-0.2, -0.15) is 0 Å². The normalized spacial score (nSPS) is 23.5. The first kappa shape index (κ1) is 22.0. The number of likely N-dealkylation sites (tertiary alicyclic amines) is 1. The van der Waals surface area contributed by atoms with E-state index in [0.29, 0.717) is 25.2 Å². The van der Waals surface area contributed by atoms with E-state index in [9.17, 15) is 4.79 Å². The van der Waals surface area contributed by atoms with E-state index in [-0.39, 0.29) is 25.2 Å². The van der Waals surface area contributed by atoms with E-state index in [2.05, 4.69) is 0 Å². The largest absolute Gasteiger partial charge is 0.459 e. The molecule has 0 bridgehead atoms. The van der Waals surface area contributed by atoms with E-state index >= 15 is 0 Å². The van der Waals surface area contributed by atoms with Crippen molar-refractivity contribution in [2.24, 2.45) is 0 Å². The molecule has 170 valence electrons. The predicted molar refractivity (Wildman–Crippen MR) is 115 cm³/mol. The van der Waals surface area contributed by atoms with Crippen molar-refractivity contribution in [3.05, 3.63) is 35.6 Å². The number of hydrogen-bond donors (Lipinski definition) is 1. The van der Waals surface area contributed by atoms with Gasteiger partial charge >= 0.3 is 0 Å². The van der Waals surface area contributed by atoms with E-state index < -0.39 is 6.29 Å². The van der Waals surface area contributed by atoms with Gasteiger partial charge in [-0.05, 0) is 49.5 Å². The van der Waals surface area contributed by atoms with Crippen molar-refractivity contribution >= 4 is 5.91 Å². The average Bonchev–Trinajstić information content (AvgIpc) is 3.24. The number of aliphatic hydroxyl groups excluding tert-OH is 1. The molecular formula is C24H33NO6. The van der Waals surface area contributed by atoms with E-state index in [4.69, 9.17) is 24.1 Å². The minimum absolute atomic E-state index is 0.0141. The van der Waals surface area contributed by atoms with E-state index in [1.165, 1.54) is 19.3 Å². The Morgan fingerprint density at radius 2 is 1.84 bits per heavy atom. The number of ether oxygens (including phenoxy) is 4. The Bertz CT molecular complexity index is 771. The zero-order valence-corrected chi connectivity index (χ0v) is 18.1. The van der Waals surface area contributed by atoms with Gasteiger partial charge in [0.1, 0.15) is 0 Å². The molecule has 0 saturated carbocycles. The Morgan fingerprint density at radius 1 is 1.06 bits per heavy atom. The first-order valence-corrected chi connectivity index (χ1v) is 11.5. The molecule has 31 heavy (non-hydrogen) atoms. The van der Waals surface area contributed by atoms with Gasteiger partial charge in [-0.25, -0.2) is 0 Å². The summed E-state index contributed by atoms with van der Waals surface area (Å²) < 4.78 is 22.9. The molecule has 2 atom stereocenters. The number of amides is 1. The van der Waals surface area contributed by atoms with Crippen LogP contribution in [0.4, 0.5) is 0 Å². The summed E-state index contributed by atoms with van der Waals surface area (Å²) in [5.74, 6) is 1.79. The summed E-state index contributed by atoms with van der Waals surface area (Å²) in [7, 11) is 0. The average molecular weight is 432 g/mol. The highest BCUT2D eigenvalue weighted by atomic mass is 16.7. The lowest BCUT2D eigenvalue weighted by molar-refractivity contribution is -0.153. The second-order valence-electron chi connectivity index (χ2n) is 8.39. The number of hydrogen-bond acceptors (Lipinski definition) is 6. The third kappa shape index (κ3) is 5.71. The Balaban J connectivity index is 1.51. The van der Waals surface area contributed by atoms with Gasteiger partial charge in [0.05, 0.1) is 6.61 Å². The molecule has 0 aromatic heterocycles. The summed E-state index contributed by atoms with van der Waals surface area (Å²) in [6.07, 6.45) is 9.15. The lowest BCUT2D eigenvalue weighted by Crippen LogP contribution is -2.38. The van der Waals surface area contributed by atoms with Gasteiger partial charge in [0.25, 0.3) is 5.91 Å². The van der Waals surface area contributed by atoms with Crippen LogP contribution in [0.1, 0.15) is 62.8 Å². The molecule has 4 rings (SSSR count). The Hall–Kier alpha value is -2.25. The molecule has 3 aliphatic rings. The molecule has 0 spiro atoms. The summed E-state index contributed by atoms with van der Waals surface area (Å²) in [4.78, 5) is 15.2. The lowest BCUT2D eigenvalue weighted by atomic mass is 9.92. The summed E-state index contributed by atoms with van der Waals surface area (Å²) in [5, 5.41) is 9.00. The van der Waals surface area contributed by atoms with Gasteiger partial charge in [0.15, 0.2) is 17.3 Å². The van der Waals surface area contributed by atoms with Crippen molar-refractivity contribution in [1.82, 2.24) is 4.90 Å². The molecule has 1 amide bonds. The molecule has 1 N–H and O–H groups in total. The fraction of sp³-hybridized carbons (Fsp3) is 0.625. The number of benzene rings is 1. The topological polar surface area (TPSA) is 77.5 Å². The third-order valence-electron chi connectivity index (χ3n) is 6.09. The number of unbranched alkanes of at least 4 members (excludes halogenated alkanes) is 1. The summed E-state index contributed by atoms with van der Waals surface area (Å²) in [6.45, 7) is 2.42. The third-order valence-corrected chi connectivity index (χ3v) is 6.09. The molecule has 7 heteroatoms. The van der Waals surface area contributed by atoms with Crippen LogP contribution in [0.3, 0.4) is 0 Å². The van der Waals surface area contributed by atoms with Crippen LogP contribution < -0.4 is 9.47 Å².